The molecule has 0 N–H and O–H groups in total. The number of esters is 1. The fraction of sp³-hybridized carbons (Fsp3) is 0.500. The first kappa shape index (κ1) is 13.6. The molecule has 94 valence electrons. The third kappa shape index (κ3) is 3.77. The van der Waals surface area contributed by atoms with Gasteiger partial charge >= 0.3 is 5.97 Å². The summed E-state index contributed by atoms with van der Waals surface area (Å²) in [5, 5.41) is 0. The molecule has 1 atom stereocenters. The van der Waals surface area contributed by atoms with Crippen molar-refractivity contribution < 1.29 is 14.3 Å². The van der Waals surface area contributed by atoms with Crippen LogP contribution >= 0.6 is 0 Å². The van der Waals surface area contributed by atoms with Crippen LogP contribution in [0, 0.1) is 0 Å². The predicted octanol–water partition coefficient (Wildman–Crippen LogP) is 2.92. The van der Waals surface area contributed by atoms with Crippen molar-refractivity contribution in [2.75, 3.05) is 7.11 Å². The largest absolute Gasteiger partial charge is 0.479 e. The minimum Gasteiger partial charge on any atom is -0.479 e. The van der Waals surface area contributed by atoms with Crippen molar-refractivity contribution in [3.8, 4) is 5.75 Å². The minimum atomic E-state index is -0.583. The Kier molecular flexibility index (Phi) is 4.16. The molecule has 1 unspecified atom stereocenters. The Labute approximate surface area is 103 Å². The zero-order valence-electron chi connectivity index (χ0n) is 11.1. The van der Waals surface area contributed by atoms with E-state index in [0.29, 0.717) is 5.75 Å². The Bertz CT molecular complexity index is 373. The molecule has 0 heterocycles. The van der Waals surface area contributed by atoms with Gasteiger partial charge in [0, 0.05) is 0 Å². The number of benzene rings is 1. The first-order valence-corrected chi connectivity index (χ1v) is 5.69. The smallest absolute Gasteiger partial charge is 0.346 e. The first-order valence-electron chi connectivity index (χ1n) is 5.69. The minimum absolute atomic E-state index is 0.118. The lowest BCUT2D eigenvalue weighted by atomic mass is 9.87. The standard InChI is InChI=1S/C14H20O3/c1-10(13(15)16-5)17-12-8-6-11(7-9-12)14(2,3)4/h6-10H,1-5H3. The highest BCUT2D eigenvalue weighted by Crippen LogP contribution is 2.24. The molecule has 0 aromatic heterocycles. The maximum Gasteiger partial charge on any atom is 0.346 e. The second-order valence-corrected chi connectivity index (χ2v) is 5.06. The lowest BCUT2D eigenvalue weighted by molar-refractivity contribution is -0.147. The molecule has 0 saturated heterocycles. The van der Waals surface area contributed by atoms with Crippen molar-refractivity contribution in [3.63, 3.8) is 0 Å². The van der Waals surface area contributed by atoms with Crippen molar-refractivity contribution in [1.29, 1.82) is 0 Å². The molecule has 0 fully saturated rings. The fourth-order valence-corrected chi connectivity index (χ4v) is 1.45. The Hall–Kier alpha value is -1.51. The first-order chi connectivity index (χ1) is 7.84. The van der Waals surface area contributed by atoms with Crippen LogP contribution < -0.4 is 4.74 Å². The summed E-state index contributed by atoms with van der Waals surface area (Å²) in [6.07, 6.45) is -0.583. The number of carbonyl (C=O) groups is 1. The van der Waals surface area contributed by atoms with Crippen LogP contribution in [-0.2, 0) is 14.9 Å². The number of hydrogen-bond donors (Lipinski definition) is 0. The van der Waals surface area contributed by atoms with E-state index < -0.39 is 6.10 Å². The van der Waals surface area contributed by atoms with Crippen LogP contribution in [0.25, 0.3) is 0 Å². The monoisotopic (exact) mass is 236 g/mol. The molecule has 0 aliphatic rings. The normalized spacial score (nSPS) is 13.0. The highest BCUT2D eigenvalue weighted by atomic mass is 16.6. The van der Waals surface area contributed by atoms with Gasteiger partial charge in [0.1, 0.15) is 5.75 Å². The lowest BCUT2D eigenvalue weighted by Gasteiger charge is -2.19. The molecular formula is C14H20O3. The summed E-state index contributed by atoms with van der Waals surface area (Å²) >= 11 is 0. The topological polar surface area (TPSA) is 35.5 Å². The van der Waals surface area contributed by atoms with E-state index >= 15 is 0 Å². The molecule has 1 rings (SSSR count). The number of rotatable bonds is 3. The molecule has 3 nitrogen and oxygen atoms in total. The predicted molar refractivity (Wildman–Crippen MR) is 67.2 cm³/mol. The van der Waals surface area contributed by atoms with Gasteiger partial charge in [-0.1, -0.05) is 32.9 Å². The summed E-state index contributed by atoms with van der Waals surface area (Å²) in [4.78, 5) is 11.2. The highest BCUT2D eigenvalue weighted by molar-refractivity contribution is 5.74. The van der Waals surface area contributed by atoms with E-state index in [0.717, 1.165) is 0 Å². The van der Waals surface area contributed by atoms with Crippen molar-refractivity contribution in [1.82, 2.24) is 0 Å². The second-order valence-electron chi connectivity index (χ2n) is 5.06. The van der Waals surface area contributed by atoms with Gasteiger partial charge < -0.3 is 9.47 Å². The van der Waals surface area contributed by atoms with Crippen LogP contribution in [0.15, 0.2) is 24.3 Å². The van der Waals surface area contributed by atoms with Crippen LogP contribution in [0.1, 0.15) is 33.3 Å². The van der Waals surface area contributed by atoms with Gasteiger partial charge in [0.2, 0.25) is 0 Å². The molecule has 17 heavy (non-hydrogen) atoms. The lowest BCUT2D eigenvalue weighted by Crippen LogP contribution is -2.24. The van der Waals surface area contributed by atoms with Crippen LogP contribution in [0.2, 0.25) is 0 Å². The summed E-state index contributed by atoms with van der Waals surface area (Å²) in [7, 11) is 1.35. The molecule has 1 aromatic rings. The molecule has 3 heteroatoms. The van der Waals surface area contributed by atoms with Crippen molar-refractivity contribution >= 4 is 5.97 Å². The van der Waals surface area contributed by atoms with Crippen LogP contribution in [0.4, 0.5) is 0 Å². The number of hydrogen-bond acceptors (Lipinski definition) is 3. The molecule has 1 aromatic carbocycles. The summed E-state index contributed by atoms with van der Waals surface area (Å²) in [6.45, 7) is 8.13. The molecule has 0 amide bonds. The van der Waals surface area contributed by atoms with Gasteiger partial charge in [-0.15, -0.1) is 0 Å². The van der Waals surface area contributed by atoms with Gasteiger partial charge in [-0.3, -0.25) is 0 Å². The Morgan fingerprint density at radius 1 is 1.18 bits per heavy atom. The zero-order valence-corrected chi connectivity index (χ0v) is 11.1. The molecule has 0 bridgehead atoms. The Balaban J connectivity index is 2.72. The SMILES string of the molecule is COC(=O)C(C)Oc1ccc(C(C)(C)C)cc1. The van der Waals surface area contributed by atoms with Crippen LogP contribution in [0.3, 0.4) is 0 Å². The van der Waals surface area contributed by atoms with Gasteiger partial charge in [0.15, 0.2) is 6.10 Å². The average molecular weight is 236 g/mol. The average Bonchev–Trinajstić information content (AvgIpc) is 2.27. The van der Waals surface area contributed by atoms with Gasteiger partial charge in [0.25, 0.3) is 0 Å². The summed E-state index contributed by atoms with van der Waals surface area (Å²) in [5.74, 6) is 0.306. The third-order valence-corrected chi connectivity index (χ3v) is 2.57. The quantitative estimate of drug-likeness (QED) is 0.757. The highest BCUT2D eigenvalue weighted by Gasteiger charge is 2.16. The molecule has 0 radical (unpaired) electrons. The van der Waals surface area contributed by atoms with Gasteiger partial charge in [-0.05, 0) is 30.0 Å². The van der Waals surface area contributed by atoms with Crippen molar-refractivity contribution in [2.24, 2.45) is 0 Å². The van der Waals surface area contributed by atoms with Crippen LogP contribution in [-0.4, -0.2) is 19.2 Å². The van der Waals surface area contributed by atoms with E-state index in [9.17, 15) is 4.79 Å². The molecule has 0 aliphatic heterocycles. The van der Waals surface area contributed by atoms with Gasteiger partial charge in [-0.2, -0.15) is 0 Å². The van der Waals surface area contributed by atoms with Crippen LogP contribution in [0.5, 0.6) is 5.75 Å². The summed E-state index contributed by atoms with van der Waals surface area (Å²) in [6, 6.07) is 7.78. The number of ether oxygens (including phenoxy) is 2. The van der Waals surface area contributed by atoms with E-state index in [1.165, 1.54) is 12.7 Å². The van der Waals surface area contributed by atoms with E-state index in [4.69, 9.17) is 4.74 Å². The molecule has 0 aliphatic carbocycles. The summed E-state index contributed by atoms with van der Waals surface area (Å²) in [5.41, 5.74) is 1.35. The van der Waals surface area contributed by atoms with Gasteiger partial charge in [0.05, 0.1) is 7.11 Å². The number of methoxy groups -OCH3 is 1. The Morgan fingerprint density at radius 2 is 1.71 bits per heavy atom. The second kappa shape index (κ2) is 5.21. The fourth-order valence-electron chi connectivity index (χ4n) is 1.45. The van der Waals surface area contributed by atoms with Crippen molar-refractivity contribution in [3.05, 3.63) is 29.8 Å². The van der Waals surface area contributed by atoms with E-state index in [-0.39, 0.29) is 11.4 Å². The van der Waals surface area contributed by atoms with E-state index in [1.807, 2.05) is 24.3 Å². The third-order valence-electron chi connectivity index (χ3n) is 2.57. The maximum atomic E-state index is 11.2. The number of carbonyl (C=O) groups excluding carboxylic acids is 1. The molecular weight excluding hydrogens is 216 g/mol. The van der Waals surface area contributed by atoms with Gasteiger partial charge in [-0.25, -0.2) is 4.79 Å². The maximum absolute atomic E-state index is 11.2. The Morgan fingerprint density at radius 3 is 2.12 bits per heavy atom. The molecule has 0 spiro atoms. The molecule has 0 saturated carbocycles. The van der Waals surface area contributed by atoms with E-state index in [1.54, 1.807) is 6.92 Å². The zero-order chi connectivity index (χ0) is 13.1. The van der Waals surface area contributed by atoms with Crippen molar-refractivity contribution in [2.45, 2.75) is 39.2 Å². The summed E-state index contributed by atoms with van der Waals surface area (Å²) < 4.78 is 10.1. The van der Waals surface area contributed by atoms with E-state index in [2.05, 4.69) is 25.5 Å².